The second kappa shape index (κ2) is 8.67. The summed E-state index contributed by atoms with van der Waals surface area (Å²) >= 11 is 0. The molecular weight excluding hydrogens is 282 g/mol. The standard InChI is InChI=1S/C17H21NO4/c1-5-10-21-15-9-7-8-13(17(15)22-11-6-2)14(19)12-16(20)18(3)4/h5-9H,1-2,10-12H2,3-4H3. The van der Waals surface area contributed by atoms with Gasteiger partial charge < -0.3 is 14.4 Å². The Morgan fingerprint density at radius 1 is 1.14 bits per heavy atom. The largest absolute Gasteiger partial charge is 0.486 e. The smallest absolute Gasteiger partial charge is 0.229 e. The third-order valence-electron chi connectivity index (χ3n) is 2.79. The molecule has 5 nitrogen and oxygen atoms in total. The monoisotopic (exact) mass is 303 g/mol. The molecule has 0 radical (unpaired) electrons. The zero-order valence-electron chi connectivity index (χ0n) is 13.0. The van der Waals surface area contributed by atoms with Crippen LogP contribution in [0.5, 0.6) is 11.5 Å². The molecule has 0 aliphatic rings. The summed E-state index contributed by atoms with van der Waals surface area (Å²) in [4.78, 5) is 25.4. The fourth-order valence-corrected chi connectivity index (χ4v) is 1.68. The van der Waals surface area contributed by atoms with E-state index < -0.39 is 0 Å². The zero-order valence-corrected chi connectivity index (χ0v) is 13.0. The molecular formula is C17H21NO4. The average molecular weight is 303 g/mol. The van der Waals surface area contributed by atoms with E-state index in [1.54, 1.807) is 44.4 Å². The van der Waals surface area contributed by atoms with Crippen molar-refractivity contribution in [1.82, 2.24) is 4.90 Å². The Labute approximate surface area is 130 Å². The van der Waals surface area contributed by atoms with Gasteiger partial charge in [0.05, 0.1) is 12.0 Å². The van der Waals surface area contributed by atoms with E-state index in [2.05, 4.69) is 13.2 Å². The average Bonchev–Trinajstić information content (AvgIpc) is 2.50. The van der Waals surface area contributed by atoms with Crippen LogP contribution in [0, 0.1) is 0 Å². The van der Waals surface area contributed by atoms with Gasteiger partial charge in [0.15, 0.2) is 17.3 Å². The van der Waals surface area contributed by atoms with E-state index in [4.69, 9.17) is 9.47 Å². The van der Waals surface area contributed by atoms with Gasteiger partial charge in [0.1, 0.15) is 13.2 Å². The predicted molar refractivity (Wildman–Crippen MR) is 85.5 cm³/mol. The minimum absolute atomic E-state index is 0.220. The summed E-state index contributed by atoms with van der Waals surface area (Å²) in [5.41, 5.74) is 0.318. The number of nitrogens with zero attached hydrogens (tertiary/aromatic N) is 1. The van der Waals surface area contributed by atoms with Crippen LogP contribution in [-0.2, 0) is 4.79 Å². The lowest BCUT2D eigenvalue weighted by molar-refractivity contribution is -0.127. The highest BCUT2D eigenvalue weighted by Crippen LogP contribution is 2.32. The highest BCUT2D eigenvalue weighted by atomic mass is 16.5. The number of carbonyl (C=O) groups is 2. The Morgan fingerprint density at radius 2 is 1.77 bits per heavy atom. The molecule has 22 heavy (non-hydrogen) atoms. The molecule has 0 spiro atoms. The number of amides is 1. The number of ketones is 1. The summed E-state index contributed by atoms with van der Waals surface area (Å²) in [6.45, 7) is 7.69. The van der Waals surface area contributed by atoms with E-state index in [-0.39, 0.29) is 24.7 Å². The Balaban J connectivity index is 3.09. The Morgan fingerprint density at radius 3 is 2.36 bits per heavy atom. The second-order valence-corrected chi connectivity index (χ2v) is 4.72. The first-order valence-electron chi connectivity index (χ1n) is 6.85. The van der Waals surface area contributed by atoms with Crippen molar-refractivity contribution in [2.45, 2.75) is 6.42 Å². The van der Waals surface area contributed by atoms with Gasteiger partial charge in [-0.15, -0.1) is 0 Å². The highest BCUT2D eigenvalue weighted by Gasteiger charge is 2.20. The van der Waals surface area contributed by atoms with Gasteiger partial charge in [-0.2, -0.15) is 0 Å². The maximum Gasteiger partial charge on any atom is 0.229 e. The van der Waals surface area contributed by atoms with Crippen molar-refractivity contribution in [3.63, 3.8) is 0 Å². The lowest BCUT2D eigenvalue weighted by atomic mass is 10.1. The molecule has 1 amide bonds. The molecule has 1 aromatic carbocycles. The molecule has 0 fully saturated rings. The van der Waals surface area contributed by atoms with Crippen LogP contribution >= 0.6 is 0 Å². The first kappa shape index (κ1) is 17.5. The topological polar surface area (TPSA) is 55.8 Å². The van der Waals surface area contributed by atoms with Crippen LogP contribution in [0.4, 0.5) is 0 Å². The van der Waals surface area contributed by atoms with Crippen molar-refractivity contribution in [2.24, 2.45) is 0 Å². The van der Waals surface area contributed by atoms with Crippen LogP contribution in [0.25, 0.3) is 0 Å². The van der Waals surface area contributed by atoms with Crippen molar-refractivity contribution in [1.29, 1.82) is 0 Å². The fourth-order valence-electron chi connectivity index (χ4n) is 1.68. The number of Topliss-reactive ketones (excluding diaryl/α,β-unsaturated/α-hetero) is 1. The minimum Gasteiger partial charge on any atom is -0.486 e. The SMILES string of the molecule is C=CCOc1cccc(C(=O)CC(=O)N(C)C)c1OCC=C. The molecule has 118 valence electrons. The first-order valence-corrected chi connectivity index (χ1v) is 6.85. The van der Waals surface area contributed by atoms with Crippen molar-refractivity contribution in [3.8, 4) is 11.5 Å². The number of benzene rings is 1. The van der Waals surface area contributed by atoms with Gasteiger partial charge in [0.2, 0.25) is 5.91 Å². The number of para-hydroxylation sites is 1. The molecule has 0 bridgehead atoms. The van der Waals surface area contributed by atoms with Crippen LogP contribution < -0.4 is 9.47 Å². The number of carbonyl (C=O) groups excluding carboxylic acids is 2. The van der Waals surface area contributed by atoms with Crippen molar-refractivity contribution >= 4 is 11.7 Å². The van der Waals surface area contributed by atoms with E-state index in [0.29, 0.717) is 23.7 Å². The van der Waals surface area contributed by atoms with Gasteiger partial charge in [0.25, 0.3) is 0 Å². The molecule has 0 aliphatic heterocycles. The Hall–Kier alpha value is -2.56. The van der Waals surface area contributed by atoms with Crippen LogP contribution in [0.3, 0.4) is 0 Å². The van der Waals surface area contributed by atoms with Crippen LogP contribution in [0.2, 0.25) is 0 Å². The van der Waals surface area contributed by atoms with E-state index in [0.717, 1.165) is 0 Å². The summed E-state index contributed by atoms with van der Waals surface area (Å²) in [7, 11) is 3.21. The number of hydrogen-bond acceptors (Lipinski definition) is 4. The highest BCUT2D eigenvalue weighted by molar-refractivity contribution is 6.09. The van der Waals surface area contributed by atoms with Crippen LogP contribution in [-0.4, -0.2) is 43.9 Å². The second-order valence-electron chi connectivity index (χ2n) is 4.72. The Bertz CT molecular complexity index is 564. The van der Waals surface area contributed by atoms with Crippen LogP contribution in [0.15, 0.2) is 43.5 Å². The van der Waals surface area contributed by atoms with E-state index in [9.17, 15) is 9.59 Å². The normalized spacial score (nSPS) is 9.73. The first-order chi connectivity index (χ1) is 10.5. The molecule has 0 N–H and O–H groups in total. The third-order valence-corrected chi connectivity index (χ3v) is 2.79. The predicted octanol–water partition coefficient (Wildman–Crippen LogP) is 2.48. The lowest BCUT2D eigenvalue weighted by Gasteiger charge is -2.15. The van der Waals surface area contributed by atoms with Gasteiger partial charge in [-0.3, -0.25) is 9.59 Å². The third kappa shape index (κ3) is 4.77. The van der Waals surface area contributed by atoms with Crippen molar-refractivity contribution in [3.05, 3.63) is 49.1 Å². The number of rotatable bonds is 9. The summed E-state index contributed by atoms with van der Waals surface area (Å²) in [5.74, 6) is 0.171. The van der Waals surface area contributed by atoms with Gasteiger partial charge in [-0.05, 0) is 12.1 Å². The maximum absolute atomic E-state index is 12.3. The summed E-state index contributed by atoms with van der Waals surface area (Å²) in [6, 6.07) is 5.00. The molecule has 0 aliphatic carbocycles. The fraction of sp³-hybridized carbons (Fsp3) is 0.294. The number of ether oxygens (including phenoxy) is 2. The Kier molecular flexibility index (Phi) is 6.89. The van der Waals surface area contributed by atoms with Gasteiger partial charge in [-0.25, -0.2) is 0 Å². The van der Waals surface area contributed by atoms with E-state index in [1.165, 1.54) is 4.90 Å². The molecule has 0 heterocycles. The quantitative estimate of drug-likeness (QED) is 0.399. The lowest BCUT2D eigenvalue weighted by Crippen LogP contribution is -2.24. The van der Waals surface area contributed by atoms with Gasteiger partial charge in [0, 0.05) is 14.1 Å². The molecule has 0 unspecified atom stereocenters. The minimum atomic E-state index is -0.318. The molecule has 5 heteroatoms. The van der Waals surface area contributed by atoms with Crippen LogP contribution in [0.1, 0.15) is 16.8 Å². The molecule has 1 rings (SSSR count). The molecule has 1 aromatic rings. The summed E-state index contributed by atoms with van der Waals surface area (Å²) < 4.78 is 11.1. The van der Waals surface area contributed by atoms with E-state index >= 15 is 0 Å². The summed E-state index contributed by atoms with van der Waals surface area (Å²) in [5, 5.41) is 0. The maximum atomic E-state index is 12.3. The molecule has 0 atom stereocenters. The van der Waals surface area contributed by atoms with Crippen molar-refractivity contribution < 1.29 is 19.1 Å². The molecule has 0 saturated carbocycles. The zero-order chi connectivity index (χ0) is 16.5. The van der Waals surface area contributed by atoms with Gasteiger partial charge >= 0.3 is 0 Å². The molecule has 0 aromatic heterocycles. The van der Waals surface area contributed by atoms with E-state index in [1.807, 2.05) is 0 Å². The number of hydrogen-bond donors (Lipinski definition) is 0. The molecule has 0 saturated heterocycles. The van der Waals surface area contributed by atoms with Gasteiger partial charge in [-0.1, -0.05) is 31.4 Å². The summed E-state index contributed by atoms with van der Waals surface area (Å²) in [6.07, 6.45) is 2.95. The van der Waals surface area contributed by atoms with Crippen molar-refractivity contribution in [2.75, 3.05) is 27.3 Å².